The quantitative estimate of drug-likeness (QED) is 0.377. The lowest BCUT2D eigenvalue weighted by Crippen LogP contribution is -2.65. The van der Waals surface area contributed by atoms with E-state index in [0.29, 0.717) is 59.9 Å². The molecule has 0 aliphatic carbocycles. The van der Waals surface area contributed by atoms with E-state index in [0.717, 1.165) is 11.8 Å². The molecule has 40 heavy (non-hydrogen) atoms. The Morgan fingerprint density at radius 2 is 1.82 bits per heavy atom. The number of anilines is 1. The van der Waals surface area contributed by atoms with Crippen molar-refractivity contribution < 1.29 is 23.9 Å². The van der Waals surface area contributed by atoms with E-state index in [1.54, 1.807) is 24.3 Å². The van der Waals surface area contributed by atoms with Gasteiger partial charge >= 0.3 is 6.09 Å². The molecule has 0 saturated carbocycles. The van der Waals surface area contributed by atoms with Crippen molar-refractivity contribution in [1.29, 1.82) is 10.5 Å². The molecule has 4 rings (SSSR count). The summed E-state index contributed by atoms with van der Waals surface area (Å²) < 4.78 is 10.1. The third-order valence-corrected chi connectivity index (χ3v) is 8.18. The second kappa shape index (κ2) is 12.2. The first-order valence-corrected chi connectivity index (χ1v) is 13.6. The summed E-state index contributed by atoms with van der Waals surface area (Å²) in [5.74, 6) is -0.615. The van der Waals surface area contributed by atoms with Gasteiger partial charge in [-0.3, -0.25) is 9.59 Å². The SMILES string of the molecule is CCc1c(C#N)c(SC(C(N)=O)c2ccccc2)nc(N2CCC(NC(=O)C3(OC(N)=O)COC3)CC2)c1C#N. The summed E-state index contributed by atoms with van der Waals surface area (Å²) in [7, 11) is 0. The fourth-order valence-corrected chi connectivity index (χ4v) is 5.85. The number of nitrogens with one attached hydrogen (secondary N) is 1. The number of nitrogens with two attached hydrogens (primary N) is 2. The van der Waals surface area contributed by atoms with Gasteiger partial charge in [0.1, 0.15) is 28.2 Å². The molecule has 2 aliphatic rings. The van der Waals surface area contributed by atoms with Crippen molar-refractivity contribution in [2.24, 2.45) is 11.5 Å². The highest BCUT2D eigenvalue weighted by molar-refractivity contribution is 8.00. The first-order chi connectivity index (χ1) is 19.2. The van der Waals surface area contributed by atoms with Gasteiger partial charge in [-0.05, 0) is 30.4 Å². The first kappa shape index (κ1) is 28.7. The number of piperidine rings is 1. The molecule has 1 atom stereocenters. The number of aromatic nitrogens is 1. The monoisotopic (exact) mass is 563 g/mol. The molecule has 0 spiro atoms. The Hall–Kier alpha value is -4.33. The minimum atomic E-state index is -1.41. The average molecular weight is 564 g/mol. The van der Waals surface area contributed by atoms with E-state index in [2.05, 4.69) is 17.5 Å². The summed E-state index contributed by atoms with van der Waals surface area (Å²) in [6.45, 7) is 2.66. The molecule has 2 aliphatic heterocycles. The molecule has 1 unspecified atom stereocenters. The van der Waals surface area contributed by atoms with Gasteiger partial charge in [0.25, 0.3) is 5.91 Å². The Morgan fingerprint density at radius 3 is 2.33 bits per heavy atom. The van der Waals surface area contributed by atoms with Crippen LogP contribution in [0.15, 0.2) is 35.4 Å². The molecule has 1 aromatic heterocycles. The predicted molar refractivity (Wildman–Crippen MR) is 145 cm³/mol. The van der Waals surface area contributed by atoms with Crippen molar-refractivity contribution >= 4 is 35.5 Å². The van der Waals surface area contributed by atoms with Crippen LogP contribution in [0.4, 0.5) is 10.6 Å². The molecule has 2 fully saturated rings. The van der Waals surface area contributed by atoms with Crippen LogP contribution in [-0.4, -0.2) is 60.8 Å². The maximum absolute atomic E-state index is 12.8. The molecule has 3 heterocycles. The number of thioether (sulfide) groups is 1. The maximum atomic E-state index is 12.8. The number of carbonyl (C=O) groups is 3. The van der Waals surface area contributed by atoms with Crippen molar-refractivity contribution in [3.63, 3.8) is 0 Å². The topological polar surface area (TPSA) is 197 Å². The Balaban J connectivity index is 1.57. The lowest BCUT2D eigenvalue weighted by atomic mass is 9.97. The molecule has 0 bridgehead atoms. The van der Waals surface area contributed by atoms with Crippen LogP contribution >= 0.6 is 11.8 Å². The molecular formula is C27H29N7O5S. The van der Waals surface area contributed by atoms with Crippen LogP contribution in [0.25, 0.3) is 0 Å². The zero-order chi connectivity index (χ0) is 28.9. The summed E-state index contributed by atoms with van der Waals surface area (Å²) >= 11 is 1.09. The Kier molecular flexibility index (Phi) is 8.77. The number of nitrogens with zero attached hydrogens (tertiary/aromatic N) is 4. The lowest BCUT2D eigenvalue weighted by molar-refractivity contribution is -0.190. The van der Waals surface area contributed by atoms with Crippen LogP contribution < -0.4 is 21.7 Å². The lowest BCUT2D eigenvalue weighted by Gasteiger charge is -2.40. The Labute approximate surface area is 235 Å². The molecular weight excluding hydrogens is 534 g/mol. The van der Waals surface area contributed by atoms with Gasteiger partial charge in [0.2, 0.25) is 11.5 Å². The van der Waals surface area contributed by atoms with Crippen LogP contribution in [0.2, 0.25) is 0 Å². The number of hydrogen-bond donors (Lipinski definition) is 3. The van der Waals surface area contributed by atoms with Crippen molar-refractivity contribution in [3.05, 3.63) is 52.6 Å². The number of primary amides is 2. The number of rotatable bonds is 9. The number of hydrogen-bond acceptors (Lipinski definition) is 10. The minimum Gasteiger partial charge on any atom is -0.428 e. The summed E-state index contributed by atoms with van der Waals surface area (Å²) in [4.78, 5) is 43.1. The molecule has 2 aromatic rings. The van der Waals surface area contributed by atoms with Crippen molar-refractivity contribution in [2.75, 3.05) is 31.2 Å². The van der Waals surface area contributed by atoms with Crippen LogP contribution in [0, 0.1) is 22.7 Å². The minimum absolute atomic E-state index is 0.0587. The number of carbonyl (C=O) groups excluding carboxylic acids is 3. The van der Waals surface area contributed by atoms with Gasteiger partial charge in [-0.25, -0.2) is 9.78 Å². The van der Waals surface area contributed by atoms with Crippen LogP contribution in [-0.2, 0) is 25.5 Å². The average Bonchev–Trinajstić information content (AvgIpc) is 2.93. The third kappa shape index (κ3) is 5.81. The number of amides is 3. The molecule has 208 valence electrons. The van der Waals surface area contributed by atoms with Gasteiger partial charge in [0, 0.05) is 19.1 Å². The summed E-state index contributed by atoms with van der Waals surface area (Å²) in [6.07, 6.45) is 0.432. The zero-order valence-corrected chi connectivity index (χ0v) is 22.7. The molecule has 2 saturated heterocycles. The van der Waals surface area contributed by atoms with E-state index in [4.69, 9.17) is 25.9 Å². The van der Waals surface area contributed by atoms with Crippen molar-refractivity contribution in [2.45, 2.75) is 48.1 Å². The molecule has 0 radical (unpaired) electrons. The van der Waals surface area contributed by atoms with Crippen molar-refractivity contribution in [1.82, 2.24) is 10.3 Å². The van der Waals surface area contributed by atoms with E-state index in [-0.39, 0.29) is 24.8 Å². The number of benzene rings is 1. The van der Waals surface area contributed by atoms with E-state index in [1.165, 1.54) is 0 Å². The largest absolute Gasteiger partial charge is 0.428 e. The molecule has 5 N–H and O–H groups in total. The zero-order valence-electron chi connectivity index (χ0n) is 21.9. The Bertz CT molecular complexity index is 1380. The first-order valence-electron chi connectivity index (χ1n) is 12.7. The van der Waals surface area contributed by atoms with E-state index >= 15 is 0 Å². The standard InChI is InChI=1S/C27H29N7O5S/c1-2-18-19(12-28)23(33-24(20(18)13-29)40-21(22(30)35)16-6-4-3-5-7-16)34-10-8-17(9-11-34)32-25(36)27(14-38-15-27)39-26(31)37/h3-7,17,21H,2,8-11,14-15H2,1H3,(H2,30,35)(H2,31,37)(H,32,36). The number of pyridine rings is 1. The summed E-state index contributed by atoms with van der Waals surface area (Å²) in [6, 6.07) is 13.2. The van der Waals surface area contributed by atoms with Gasteiger partial charge in [-0.2, -0.15) is 10.5 Å². The highest BCUT2D eigenvalue weighted by Gasteiger charge is 2.50. The second-order valence-corrected chi connectivity index (χ2v) is 10.6. The van der Waals surface area contributed by atoms with Gasteiger partial charge in [0.15, 0.2) is 0 Å². The van der Waals surface area contributed by atoms with Gasteiger partial charge in [0.05, 0.1) is 24.3 Å². The normalized spacial score (nSPS) is 17.0. The smallest absolute Gasteiger partial charge is 0.405 e. The number of ether oxygens (including phenoxy) is 2. The van der Waals surface area contributed by atoms with Gasteiger partial charge in [-0.1, -0.05) is 49.0 Å². The van der Waals surface area contributed by atoms with Crippen molar-refractivity contribution in [3.8, 4) is 12.1 Å². The van der Waals surface area contributed by atoms with Gasteiger partial charge in [-0.15, -0.1) is 0 Å². The van der Waals surface area contributed by atoms with E-state index < -0.39 is 28.8 Å². The van der Waals surface area contributed by atoms with Crippen LogP contribution in [0.3, 0.4) is 0 Å². The van der Waals surface area contributed by atoms with Crippen LogP contribution in [0.5, 0.6) is 0 Å². The summed E-state index contributed by atoms with van der Waals surface area (Å²) in [5.41, 5.74) is 11.2. The molecule has 12 nitrogen and oxygen atoms in total. The predicted octanol–water partition coefficient (Wildman–Crippen LogP) is 1.66. The van der Waals surface area contributed by atoms with Gasteiger partial charge < -0.3 is 31.2 Å². The Morgan fingerprint density at radius 1 is 1.18 bits per heavy atom. The maximum Gasteiger partial charge on any atom is 0.405 e. The molecule has 13 heteroatoms. The highest BCUT2D eigenvalue weighted by Crippen LogP contribution is 2.40. The number of nitriles is 2. The summed E-state index contributed by atoms with van der Waals surface area (Å²) in [5, 5.41) is 22.5. The third-order valence-electron chi connectivity index (χ3n) is 6.93. The highest BCUT2D eigenvalue weighted by atomic mass is 32.2. The molecule has 3 amide bonds. The second-order valence-electron chi connectivity index (χ2n) is 9.50. The fraction of sp³-hybridized carbons (Fsp3) is 0.407. The molecule has 1 aromatic carbocycles. The van der Waals surface area contributed by atoms with E-state index in [9.17, 15) is 24.9 Å². The van der Waals surface area contributed by atoms with E-state index in [1.807, 2.05) is 17.9 Å². The fourth-order valence-electron chi connectivity index (χ4n) is 4.80. The van der Waals surface area contributed by atoms with Crippen LogP contribution in [0.1, 0.15) is 47.3 Å².